The maximum atomic E-state index is 10.0. The number of phenols is 1. The van der Waals surface area contributed by atoms with Crippen LogP contribution in [0.3, 0.4) is 0 Å². The molecule has 1 aromatic rings. The molecule has 20 heavy (non-hydrogen) atoms. The Hall–Kier alpha value is 0.400. The van der Waals surface area contributed by atoms with Crippen LogP contribution < -0.4 is 5.32 Å². The van der Waals surface area contributed by atoms with E-state index in [-0.39, 0.29) is 0 Å². The van der Waals surface area contributed by atoms with Gasteiger partial charge in [-0.2, -0.15) is 0 Å². The standard InChI is InChI=1S/C15H22I2N2O/c1-19-6-2-3-11(10-19)4-5-18-9-12-7-13(16)8-14(17)15(12)20/h7-8,11,18,20H,2-6,9-10H2,1H3. The van der Waals surface area contributed by atoms with Gasteiger partial charge in [0.15, 0.2) is 0 Å². The monoisotopic (exact) mass is 500 g/mol. The topological polar surface area (TPSA) is 35.5 Å². The fraction of sp³-hybridized carbons (Fsp3) is 0.600. The number of aromatic hydroxyl groups is 1. The molecular formula is C15H22I2N2O. The van der Waals surface area contributed by atoms with Crippen LogP contribution in [0.15, 0.2) is 12.1 Å². The number of nitrogens with zero attached hydrogens (tertiary/aromatic N) is 1. The molecular weight excluding hydrogens is 478 g/mol. The Morgan fingerprint density at radius 3 is 2.95 bits per heavy atom. The van der Waals surface area contributed by atoms with E-state index in [1.165, 1.54) is 35.9 Å². The molecule has 3 nitrogen and oxygen atoms in total. The van der Waals surface area contributed by atoms with E-state index >= 15 is 0 Å². The smallest absolute Gasteiger partial charge is 0.133 e. The van der Waals surface area contributed by atoms with Gasteiger partial charge in [0.1, 0.15) is 5.75 Å². The Balaban J connectivity index is 1.76. The summed E-state index contributed by atoms with van der Waals surface area (Å²) in [5.74, 6) is 1.25. The average molecular weight is 500 g/mol. The molecule has 1 aliphatic heterocycles. The molecule has 0 bridgehead atoms. The number of benzene rings is 1. The zero-order valence-electron chi connectivity index (χ0n) is 11.8. The number of rotatable bonds is 5. The number of hydrogen-bond acceptors (Lipinski definition) is 3. The lowest BCUT2D eigenvalue weighted by Gasteiger charge is -2.29. The summed E-state index contributed by atoms with van der Waals surface area (Å²) in [6.07, 6.45) is 3.92. The van der Waals surface area contributed by atoms with Gasteiger partial charge in [0.2, 0.25) is 0 Å². The van der Waals surface area contributed by atoms with Gasteiger partial charge >= 0.3 is 0 Å². The second-order valence-electron chi connectivity index (χ2n) is 5.63. The van der Waals surface area contributed by atoms with Crippen molar-refractivity contribution in [2.75, 3.05) is 26.7 Å². The fourth-order valence-electron chi connectivity index (χ4n) is 2.79. The van der Waals surface area contributed by atoms with E-state index in [1.54, 1.807) is 0 Å². The fourth-order valence-corrected chi connectivity index (χ4v) is 4.76. The van der Waals surface area contributed by atoms with E-state index in [9.17, 15) is 5.11 Å². The Labute approximate surface area is 148 Å². The first kappa shape index (κ1) is 16.8. The number of likely N-dealkylation sites (tertiary alicyclic amines) is 1. The Bertz CT molecular complexity index is 454. The van der Waals surface area contributed by atoms with Gasteiger partial charge in [0.05, 0.1) is 3.57 Å². The summed E-state index contributed by atoms with van der Waals surface area (Å²) in [5, 5.41) is 13.5. The van der Waals surface area contributed by atoms with Crippen molar-refractivity contribution in [3.8, 4) is 5.75 Å². The van der Waals surface area contributed by atoms with Gasteiger partial charge < -0.3 is 15.3 Å². The zero-order valence-corrected chi connectivity index (χ0v) is 16.1. The van der Waals surface area contributed by atoms with Crippen molar-refractivity contribution < 1.29 is 5.11 Å². The number of nitrogens with one attached hydrogen (secondary N) is 1. The predicted molar refractivity (Wildman–Crippen MR) is 100 cm³/mol. The molecule has 0 saturated carbocycles. The summed E-state index contributed by atoms with van der Waals surface area (Å²) < 4.78 is 2.11. The van der Waals surface area contributed by atoms with Crippen LogP contribution >= 0.6 is 45.2 Å². The van der Waals surface area contributed by atoms with Gasteiger partial charge in [-0.1, -0.05) is 0 Å². The third kappa shape index (κ3) is 4.99. The van der Waals surface area contributed by atoms with Gasteiger partial charge in [0.25, 0.3) is 0 Å². The molecule has 0 aliphatic carbocycles. The number of phenolic OH excluding ortho intramolecular Hbond substituents is 1. The van der Waals surface area contributed by atoms with Gasteiger partial charge in [-0.05, 0) is 103 Å². The van der Waals surface area contributed by atoms with E-state index in [2.05, 4.69) is 68.5 Å². The third-order valence-electron chi connectivity index (χ3n) is 3.87. The van der Waals surface area contributed by atoms with Crippen LogP contribution in [0.5, 0.6) is 5.75 Å². The minimum absolute atomic E-state index is 0.427. The molecule has 1 aromatic carbocycles. The molecule has 5 heteroatoms. The largest absolute Gasteiger partial charge is 0.507 e. The SMILES string of the molecule is CN1CCCC(CCNCc2cc(I)cc(I)c2O)C1. The molecule has 1 unspecified atom stereocenters. The highest BCUT2D eigenvalue weighted by molar-refractivity contribution is 14.1. The second-order valence-corrected chi connectivity index (χ2v) is 8.04. The van der Waals surface area contributed by atoms with Gasteiger partial charge in [-0.3, -0.25) is 0 Å². The van der Waals surface area contributed by atoms with Crippen molar-refractivity contribution in [1.29, 1.82) is 0 Å². The van der Waals surface area contributed by atoms with E-state index < -0.39 is 0 Å². The molecule has 0 radical (unpaired) electrons. The zero-order chi connectivity index (χ0) is 14.5. The normalized spacial score (nSPS) is 20.2. The quantitative estimate of drug-likeness (QED) is 0.481. The van der Waals surface area contributed by atoms with Crippen molar-refractivity contribution in [1.82, 2.24) is 10.2 Å². The maximum absolute atomic E-state index is 10.0. The van der Waals surface area contributed by atoms with Crippen LogP contribution in [0, 0.1) is 13.1 Å². The van der Waals surface area contributed by atoms with Crippen LogP contribution in [0.2, 0.25) is 0 Å². The Kier molecular flexibility index (Phi) is 6.83. The first-order chi connectivity index (χ1) is 9.56. The van der Waals surface area contributed by atoms with Crippen molar-refractivity contribution >= 4 is 45.2 Å². The van der Waals surface area contributed by atoms with Crippen molar-refractivity contribution in [3.05, 3.63) is 24.8 Å². The van der Waals surface area contributed by atoms with E-state index in [0.29, 0.717) is 5.75 Å². The Morgan fingerprint density at radius 1 is 1.40 bits per heavy atom. The highest BCUT2D eigenvalue weighted by Crippen LogP contribution is 2.27. The lowest BCUT2D eigenvalue weighted by atomic mass is 9.95. The molecule has 1 atom stereocenters. The predicted octanol–water partition coefficient (Wildman–Crippen LogP) is 3.42. The van der Waals surface area contributed by atoms with E-state index in [0.717, 1.165) is 28.1 Å². The second kappa shape index (κ2) is 8.14. The molecule has 112 valence electrons. The molecule has 1 fully saturated rings. The lowest BCUT2D eigenvalue weighted by molar-refractivity contribution is 0.201. The summed E-state index contributed by atoms with van der Waals surface area (Å²) >= 11 is 4.48. The number of piperidine rings is 1. The van der Waals surface area contributed by atoms with Gasteiger partial charge in [-0.15, -0.1) is 0 Å². The van der Waals surface area contributed by atoms with Crippen molar-refractivity contribution in [3.63, 3.8) is 0 Å². The van der Waals surface area contributed by atoms with Gasteiger partial charge in [-0.25, -0.2) is 0 Å². The molecule has 0 spiro atoms. The third-order valence-corrected chi connectivity index (χ3v) is 5.32. The van der Waals surface area contributed by atoms with Crippen LogP contribution in [0.4, 0.5) is 0 Å². The van der Waals surface area contributed by atoms with Crippen LogP contribution in [-0.4, -0.2) is 36.7 Å². The summed E-state index contributed by atoms with van der Waals surface area (Å²) in [7, 11) is 2.21. The highest BCUT2D eigenvalue weighted by atomic mass is 127. The number of hydrogen-bond donors (Lipinski definition) is 2. The Morgan fingerprint density at radius 2 is 2.20 bits per heavy atom. The van der Waals surface area contributed by atoms with Crippen molar-refractivity contribution in [2.45, 2.75) is 25.8 Å². The summed E-state index contributed by atoms with van der Waals surface area (Å²) in [6, 6.07) is 4.05. The first-order valence-corrected chi connectivity index (χ1v) is 9.28. The molecule has 0 amide bonds. The highest BCUT2D eigenvalue weighted by Gasteiger charge is 2.16. The van der Waals surface area contributed by atoms with Crippen LogP contribution in [0.1, 0.15) is 24.8 Å². The first-order valence-electron chi connectivity index (χ1n) is 7.12. The summed E-state index contributed by atoms with van der Waals surface area (Å²) in [5.41, 5.74) is 1.00. The van der Waals surface area contributed by atoms with Crippen LogP contribution in [-0.2, 0) is 6.54 Å². The minimum Gasteiger partial charge on any atom is -0.507 e. The number of halogens is 2. The summed E-state index contributed by atoms with van der Waals surface area (Å²) in [6.45, 7) is 4.26. The van der Waals surface area contributed by atoms with E-state index in [4.69, 9.17) is 0 Å². The lowest BCUT2D eigenvalue weighted by Crippen LogP contribution is -2.33. The average Bonchev–Trinajstić information content (AvgIpc) is 2.40. The molecule has 1 saturated heterocycles. The summed E-state index contributed by atoms with van der Waals surface area (Å²) in [4.78, 5) is 2.43. The minimum atomic E-state index is 0.427. The maximum Gasteiger partial charge on any atom is 0.133 e. The van der Waals surface area contributed by atoms with E-state index in [1.807, 2.05) is 6.07 Å². The molecule has 2 rings (SSSR count). The van der Waals surface area contributed by atoms with Crippen molar-refractivity contribution in [2.24, 2.45) is 5.92 Å². The van der Waals surface area contributed by atoms with Crippen LogP contribution in [0.25, 0.3) is 0 Å². The molecule has 0 aromatic heterocycles. The molecule has 1 aliphatic rings. The molecule has 1 heterocycles. The molecule has 2 N–H and O–H groups in total. The van der Waals surface area contributed by atoms with Gasteiger partial charge in [0, 0.05) is 22.2 Å².